The molecule has 1 atom stereocenters. The molecule has 1 unspecified atom stereocenters. The number of ether oxygens (including phenoxy) is 1. The molecule has 0 spiro atoms. The van der Waals surface area contributed by atoms with Crippen molar-refractivity contribution in [2.24, 2.45) is 4.36 Å². The third-order valence-electron chi connectivity index (χ3n) is 4.48. The lowest BCUT2D eigenvalue weighted by atomic mass is 10.1. The van der Waals surface area contributed by atoms with Crippen LogP contribution in [-0.4, -0.2) is 28.5 Å². The SMILES string of the molecule is COc1ccc(C#Cc2cncc(C(=O)N=S(C)(=O)c3ccc(C)cc3)c2)c(C)c1. The van der Waals surface area contributed by atoms with Gasteiger partial charge in [0.15, 0.2) is 0 Å². The number of benzene rings is 2. The van der Waals surface area contributed by atoms with Crippen molar-refractivity contribution < 1.29 is 13.7 Å². The van der Waals surface area contributed by atoms with Gasteiger partial charge in [0.05, 0.1) is 22.4 Å². The molecule has 1 amide bonds. The Morgan fingerprint density at radius 1 is 1.03 bits per heavy atom. The van der Waals surface area contributed by atoms with E-state index in [-0.39, 0.29) is 5.56 Å². The van der Waals surface area contributed by atoms with E-state index in [4.69, 9.17) is 4.74 Å². The summed E-state index contributed by atoms with van der Waals surface area (Å²) in [6.07, 6.45) is 4.44. The van der Waals surface area contributed by atoms with Gasteiger partial charge < -0.3 is 4.74 Å². The molecule has 0 bridgehead atoms. The van der Waals surface area contributed by atoms with Gasteiger partial charge in [0.25, 0.3) is 5.91 Å². The Hall–Kier alpha value is -3.43. The smallest absolute Gasteiger partial charge is 0.286 e. The van der Waals surface area contributed by atoms with Crippen LogP contribution in [-0.2, 0) is 9.73 Å². The van der Waals surface area contributed by atoms with Gasteiger partial charge in [-0.25, -0.2) is 4.21 Å². The first kappa shape index (κ1) is 21.3. The first-order valence-electron chi connectivity index (χ1n) is 9.23. The highest BCUT2D eigenvalue weighted by molar-refractivity contribution is 7.93. The first-order valence-corrected chi connectivity index (χ1v) is 11.2. The van der Waals surface area contributed by atoms with Gasteiger partial charge in [0.1, 0.15) is 5.75 Å². The predicted molar refractivity (Wildman–Crippen MR) is 118 cm³/mol. The van der Waals surface area contributed by atoms with Crippen LogP contribution in [0.3, 0.4) is 0 Å². The van der Waals surface area contributed by atoms with Crippen molar-refractivity contribution in [3.63, 3.8) is 0 Å². The summed E-state index contributed by atoms with van der Waals surface area (Å²) in [5, 5.41) is 0. The number of carbonyl (C=O) groups is 1. The largest absolute Gasteiger partial charge is 0.497 e. The zero-order valence-electron chi connectivity index (χ0n) is 17.3. The number of rotatable bonds is 3. The van der Waals surface area contributed by atoms with Gasteiger partial charge in [-0.15, -0.1) is 0 Å². The summed E-state index contributed by atoms with van der Waals surface area (Å²) < 4.78 is 22.1. The fourth-order valence-corrected chi connectivity index (χ4v) is 3.89. The van der Waals surface area contributed by atoms with Gasteiger partial charge >= 0.3 is 0 Å². The molecule has 3 aromatic rings. The molecule has 1 aromatic heterocycles. The Bertz CT molecular complexity index is 1280. The lowest BCUT2D eigenvalue weighted by Crippen LogP contribution is -2.04. The monoisotopic (exact) mass is 418 g/mol. The van der Waals surface area contributed by atoms with Crippen molar-refractivity contribution >= 4 is 15.6 Å². The second-order valence-electron chi connectivity index (χ2n) is 6.91. The molecule has 0 N–H and O–H groups in total. The van der Waals surface area contributed by atoms with E-state index in [0.29, 0.717) is 10.5 Å². The van der Waals surface area contributed by atoms with Gasteiger partial charge in [-0.2, -0.15) is 4.36 Å². The standard InChI is InChI=1S/C24H22N2O3S/c1-17-5-11-23(12-6-17)30(4,28)26-24(27)21-14-19(15-25-16-21)7-8-20-9-10-22(29-3)13-18(20)2/h5-6,9-16H,1-4H3. The minimum Gasteiger partial charge on any atom is -0.497 e. The van der Waals surface area contributed by atoms with Gasteiger partial charge in [-0.1, -0.05) is 29.5 Å². The Morgan fingerprint density at radius 2 is 1.77 bits per heavy atom. The highest BCUT2D eigenvalue weighted by atomic mass is 32.2. The third-order valence-corrected chi connectivity index (χ3v) is 6.14. The molecule has 3 rings (SSSR count). The zero-order valence-corrected chi connectivity index (χ0v) is 18.1. The summed E-state index contributed by atoms with van der Waals surface area (Å²) in [4.78, 5) is 17.2. The Kier molecular flexibility index (Phi) is 6.34. The van der Waals surface area contributed by atoms with E-state index in [9.17, 15) is 9.00 Å². The molecule has 0 aliphatic heterocycles. The molecule has 0 radical (unpaired) electrons. The van der Waals surface area contributed by atoms with E-state index in [0.717, 1.165) is 22.4 Å². The van der Waals surface area contributed by atoms with Gasteiger partial charge in [0.2, 0.25) is 0 Å². The van der Waals surface area contributed by atoms with Crippen LogP contribution in [0.15, 0.2) is 70.2 Å². The minimum absolute atomic E-state index is 0.245. The summed E-state index contributed by atoms with van der Waals surface area (Å²) in [5.74, 6) is 6.28. The third kappa shape index (κ3) is 5.13. The molecular formula is C24H22N2O3S. The lowest BCUT2D eigenvalue weighted by Gasteiger charge is -2.05. The molecular weight excluding hydrogens is 396 g/mol. The van der Waals surface area contributed by atoms with Crippen molar-refractivity contribution in [2.75, 3.05) is 13.4 Å². The number of amides is 1. The topological polar surface area (TPSA) is 68.6 Å². The molecule has 1 heterocycles. The number of aryl methyl sites for hydroxylation is 2. The van der Waals surface area contributed by atoms with Crippen LogP contribution in [0.1, 0.15) is 32.6 Å². The molecule has 0 fully saturated rings. The minimum atomic E-state index is -2.86. The van der Waals surface area contributed by atoms with E-state index in [2.05, 4.69) is 21.2 Å². The summed E-state index contributed by atoms with van der Waals surface area (Å²) in [7, 11) is -1.24. The summed E-state index contributed by atoms with van der Waals surface area (Å²) in [6.45, 7) is 3.89. The van der Waals surface area contributed by atoms with Crippen LogP contribution in [0, 0.1) is 25.7 Å². The van der Waals surface area contributed by atoms with Gasteiger partial charge in [0, 0.05) is 34.7 Å². The van der Waals surface area contributed by atoms with Crippen molar-refractivity contribution in [1.29, 1.82) is 0 Å². The molecule has 0 aliphatic rings. The summed E-state index contributed by atoms with van der Waals surface area (Å²) >= 11 is 0. The number of nitrogens with zero attached hydrogens (tertiary/aromatic N) is 2. The van der Waals surface area contributed by atoms with Crippen molar-refractivity contribution in [3.05, 3.63) is 88.7 Å². The molecule has 0 saturated carbocycles. The molecule has 0 saturated heterocycles. The number of aromatic nitrogens is 1. The van der Waals surface area contributed by atoms with Crippen LogP contribution in [0.4, 0.5) is 0 Å². The van der Waals surface area contributed by atoms with Crippen LogP contribution in [0.5, 0.6) is 5.75 Å². The number of hydrogen-bond donors (Lipinski definition) is 0. The lowest BCUT2D eigenvalue weighted by molar-refractivity contribution is 0.100. The van der Waals surface area contributed by atoms with Crippen LogP contribution in [0.2, 0.25) is 0 Å². The number of pyridine rings is 1. The van der Waals surface area contributed by atoms with Gasteiger partial charge in [-0.05, 0) is 55.8 Å². The predicted octanol–water partition coefficient (Wildman–Crippen LogP) is 4.40. The van der Waals surface area contributed by atoms with Crippen LogP contribution < -0.4 is 4.74 Å². The quantitative estimate of drug-likeness (QED) is 0.591. The van der Waals surface area contributed by atoms with Crippen molar-refractivity contribution in [1.82, 2.24) is 4.98 Å². The molecule has 5 nitrogen and oxygen atoms in total. The fourth-order valence-electron chi connectivity index (χ4n) is 2.72. The molecule has 0 aliphatic carbocycles. The average molecular weight is 419 g/mol. The maximum absolute atomic E-state index is 12.9. The highest BCUT2D eigenvalue weighted by Crippen LogP contribution is 2.17. The first-order chi connectivity index (χ1) is 14.3. The number of methoxy groups -OCH3 is 1. The summed E-state index contributed by atoms with van der Waals surface area (Å²) in [6, 6.07) is 14.4. The second kappa shape index (κ2) is 8.93. The molecule has 30 heavy (non-hydrogen) atoms. The van der Waals surface area contributed by atoms with E-state index < -0.39 is 15.6 Å². The Labute approximate surface area is 177 Å². The fraction of sp³-hybridized carbons (Fsp3) is 0.167. The van der Waals surface area contributed by atoms with Crippen molar-refractivity contribution in [2.45, 2.75) is 18.7 Å². The van der Waals surface area contributed by atoms with E-state index >= 15 is 0 Å². The van der Waals surface area contributed by atoms with Crippen LogP contribution in [0.25, 0.3) is 0 Å². The van der Waals surface area contributed by atoms with E-state index in [1.807, 2.05) is 44.2 Å². The zero-order chi connectivity index (χ0) is 21.7. The summed E-state index contributed by atoms with van der Waals surface area (Å²) in [5.41, 5.74) is 3.70. The molecule has 6 heteroatoms. The normalized spacial score (nSPS) is 12.3. The number of carbonyl (C=O) groups excluding carboxylic acids is 1. The van der Waals surface area contributed by atoms with E-state index in [1.54, 1.807) is 31.5 Å². The maximum atomic E-state index is 12.9. The van der Waals surface area contributed by atoms with E-state index in [1.165, 1.54) is 12.5 Å². The number of hydrogen-bond acceptors (Lipinski definition) is 4. The maximum Gasteiger partial charge on any atom is 0.286 e. The highest BCUT2D eigenvalue weighted by Gasteiger charge is 2.12. The van der Waals surface area contributed by atoms with Crippen LogP contribution >= 0.6 is 0 Å². The average Bonchev–Trinajstić information content (AvgIpc) is 2.73. The second-order valence-corrected chi connectivity index (χ2v) is 9.16. The Morgan fingerprint density at radius 3 is 2.43 bits per heavy atom. The molecule has 152 valence electrons. The molecule has 2 aromatic carbocycles. The van der Waals surface area contributed by atoms with Crippen molar-refractivity contribution in [3.8, 4) is 17.6 Å². The van der Waals surface area contributed by atoms with Gasteiger partial charge in [-0.3, -0.25) is 9.78 Å². The Balaban J connectivity index is 1.88.